The smallest absolute Gasteiger partial charge is 0.00471 e. The third-order valence-corrected chi connectivity index (χ3v) is 8.26. The molecule has 0 amide bonds. The second-order valence-electron chi connectivity index (χ2n) is 9.03. The highest BCUT2D eigenvalue weighted by Gasteiger charge is 2.84. The van der Waals surface area contributed by atoms with E-state index in [2.05, 4.69) is 18.7 Å². The zero-order chi connectivity index (χ0) is 12.2. The Kier molecular flexibility index (Phi) is 1.61. The Morgan fingerprint density at radius 3 is 1.56 bits per heavy atom. The van der Waals surface area contributed by atoms with Crippen molar-refractivity contribution in [2.45, 2.75) is 71.3 Å². The van der Waals surface area contributed by atoms with Crippen LogP contribution in [-0.4, -0.2) is 24.0 Å². The maximum Gasteiger partial charge on any atom is 0.00471 e. The Morgan fingerprint density at radius 1 is 0.722 bits per heavy atom. The fraction of sp³-hybridized carbons (Fsp3) is 1.00. The highest BCUT2D eigenvalue weighted by atomic mass is 15.2. The molecule has 0 aromatic rings. The number of hydrogen-bond donors (Lipinski definition) is 0. The van der Waals surface area contributed by atoms with Crippen molar-refractivity contribution in [1.82, 2.24) is 4.90 Å². The lowest BCUT2D eigenvalue weighted by Crippen LogP contribution is -2.35. The van der Waals surface area contributed by atoms with Gasteiger partial charge in [-0.05, 0) is 74.0 Å². The van der Waals surface area contributed by atoms with Crippen LogP contribution in [0.3, 0.4) is 0 Å². The van der Waals surface area contributed by atoms with Gasteiger partial charge in [-0.15, -0.1) is 0 Å². The van der Waals surface area contributed by atoms with Gasteiger partial charge in [-0.2, -0.15) is 0 Å². The summed E-state index contributed by atoms with van der Waals surface area (Å²) in [5.41, 5.74) is 3.24. The molecule has 18 heavy (non-hydrogen) atoms. The van der Waals surface area contributed by atoms with E-state index in [9.17, 15) is 0 Å². The molecule has 1 nitrogen and oxygen atoms in total. The van der Waals surface area contributed by atoms with Gasteiger partial charge in [0.25, 0.3) is 0 Å². The minimum Gasteiger partial charge on any atom is -0.300 e. The lowest BCUT2D eigenvalue weighted by Gasteiger charge is -2.45. The van der Waals surface area contributed by atoms with Crippen molar-refractivity contribution >= 4 is 0 Å². The summed E-state index contributed by atoms with van der Waals surface area (Å²) < 4.78 is 0. The molecular formula is C17H27N. The van der Waals surface area contributed by atoms with Gasteiger partial charge in [0.05, 0.1) is 0 Å². The minimum atomic E-state index is 0.773. The summed E-state index contributed by atoms with van der Waals surface area (Å²) in [5.74, 6) is 0. The summed E-state index contributed by atoms with van der Waals surface area (Å²) in [5, 5.41) is 0. The number of rotatable bonds is 1. The van der Waals surface area contributed by atoms with Gasteiger partial charge >= 0.3 is 0 Å². The molecule has 6 rings (SSSR count). The largest absolute Gasteiger partial charge is 0.300 e. The van der Waals surface area contributed by atoms with Gasteiger partial charge in [-0.25, -0.2) is 0 Å². The molecule has 4 spiro atoms. The van der Waals surface area contributed by atoms with Crippen LogP contribution in [0.25, 0.3) is 0 Å². The van der Waals surface area contributed by atoms with Crippen LogP contribution in [0.4, 0.5) is 0 Å². The van der Waals surface area contributed by atoms with E-state index >= 15 is 0 Å². The molecule has 1 heterocycles. The Labute approximate surface area is 111 Å². The van der Waals surface area contributed by atoms with Gasteiger partial charge in [-0.3, -0.25) is 4.90 Å². The lowest BCUT2D eigenvalue weighted by molar-refractivity contribution is 0.0520. The second kappa shape index (κ2) is 2.71. The molecule has 0 radical (unpaired) electrons. The average molecular weight is 245 g/mol. The van der Waals surface area contributed by atoms with Crippen LogP contribution >= 0.6 is 0 Å². The van der Waals surface area contributed by atoms with Crippen molar-refractivity contribution in [2.24, 2.45) is 21.7 Å². The van der Waals surface area contributed by atoms with Gasteiger partial charge in [0.1, 0.15) is 0 Å². The van der Waals surface area contributed by atoms with Crippen LogP contribution < -0.4 is 0 Å². The predicted octanol–water partition coefficient (Wildman–Crippen LogP) is 3.83. The highest BCUT2D eigenvalue weighted by Crippen LogP contribution is 2.90. The van der Waals surface area contributed by atoms with E-state index in [0.717, 1.165) is 27.7 Å². The second-order valence-corrected chi connectivity index (χ2v) is 9.03. The Morgan fingerprint density at radius 2 is 1.17 bits per heavy atom. The first kappa shape index (κ1) is 10.7. The van der Waals surface area contributed by atoms with Gasteiger partial charge in [0.2, 0.25) is 0 Å². The molecule has 1 heteroatoms. The van der Waals surface area contributed by atoms with Crippen LogP contribution in [-0.2, 0) is 0 Å². The van der Waals surface area contributed by atoms with E-state index in [1.807, 2.05) is 0 Å². The summed E-state index contributed by atoms with van der Waals surface area (Å²) in [6.45, 7) is 7.71. The fourth-order valence-electron chi connectivity index (χ4n) is 7.91. The maximum atomic E-state index is 2.82. The summed E-state index contributed by atoms with van der Waals surface area (Å²) in [6.07, 6.45) is 12.8. The van der Waals surface area contributed by atoms with Crippen molar-refractivity contribution in [3.05, 3.63) is 0 Å². The normalized spacial score (nSPS) is 60.8. The molecule has 0 unspecified atom stereocenters. The molecule has 0 atom stereocenters. The molecule has 1 saturated heterocycles. The average Bonchev–Trinajstić information content (AvgIpc) is 2.93. The molecule has 6 fully saturated rings. The lowest BCUT2D eigenvalue weighted by atomic mass is 9.60. The predicted molar refractivity (Wildman–Crippen MR) is 73.4 cm³/mol. The molecular weight excluding hydrogens is 218 g/mol. The molecule has 100 valence electrons. The number of likely N-dealkylation sites (tertiary alicyclic amines) is 1. The van der Waals surface area contributed by atoms with Crippen LogP contribution in [0, 0.1) is 21.7 Å². The molecule has 1 aliphatic heterocycles. The van der Waals surface area contributed by atoms with Crippen LogP contribution in [0.15, 0.2) is 0 Å². The summed E-state index contributed by atoms with van der Waals surface area (Å²) in [4.78, 5) is 2.82. The molecule has 5 aliphatic carbocycles. The van der Waals surface area contributed by atoms with Crippen molar-refractivity contribution in [2.75, 3.05) is 13.1 Å². The van der Waals surface area contributed by atoms with Gasteiger partial charge < -0.3 is 0 Å². The van der Waals surface area contributed by atoms with Crippen LogP contribution in [0.1, 0.15) is 65.2 Å². The molecule has 4 bridgehead atoms. The molecule has 6 aliphatic rings. The van der Waals surface area contributed by atoms with Crippen LogP contribution in [0.2, 0.25) is 0 Å². The van der Waals surface area contributed by atoms with Crippen molar-refractivity contribution < 1.29 is 0 Å². The molecule has 0 N–H and O–H groups in total. The first-order valence-electron chi connectivity index (χ1n) is 8.29. The quantitative estimate of drug-likeness (QED) is 0.678. The van der Waals surface area contributed by atoms with Gasteiger partial charge in [0.15, 0.2) is 0 Å². The van der Waals surface area contributed by atoms with E-state index in [4.69, 9.17) is 0 Å². The minimum absolute atomic E-state index is 0.773. The third kappa shape index (κ3) is 0.846. The first-order chi connectivity index (χ1) is 8.55. The van der Waals surface area contributed by atoms with Crippen LogP contribution in [0.5, 0.6) is 0 Å². The zero-order valence-corrected chi connectivity index (χ0v) is 12.1. The molecule has 0 aromatic heterocycles. The fourth-order valence-corrected chi connectivity index (χ4v) is 7.91. The van der Waals surface area contributed by atoms with Gasteiger partial charge in [0, 0.05) is 19.1 Å². The van der Waals surface area contributed by atoms with E-state index in [-0.39, 0.29) is 0 Å². The SMILES string of the molecule is CC(C)N1CC23CC45CCCCC4(C2)CC3(C1)C5. The van der Waals surface area contributed by atoms with E-state index in [0.29, 0.717) is 0 Å². The molecule has 5 saturated carbocycles. The number of nitrogens with zero attached hydrogens (tertiary/aromatic N) is 1. The van der Waals surface area contributed by atoms with Gasteiger partial charge in [-0.1, -0.05) is 12.8 Å². The molecule has 0 aromatic carbocycles. The highest BCUT2D eigenvalue weighted by molar-refractivity contribution is 5.34. The Hall–Kier alpha value is -0.0400. The standard InChI is InChI=1S/C17H27N/c1-13(2)18-11-16-7-14-5-3-4-6-15(14,9-16)10-17(16,8-14)12-18/h13H,3-12H2,1-2H3. The summed E-state index contributed by atoms with van der Waals surface area (Å²) in [7, 11) is 0. The Balaban J connectivity index is 1.60. The zero-order valence-electron chi connectivity index (χ0n) is 12.1. The van der Waals surface area contributed by atoms with Crippen molar-refractivity contribution in [1.29, 1.82) is 0 Å². The monoisotopic (exact) mass is 245 g/mol. The van der Waals surface area contributed by atoms with E-state index in [1.165, 1.54) is 13.1 Å². The first-order valence-corrected chi connectivity index (χ1v) is 8.29. The third-order valence-electron chi connectivity index (χ3n) is 8.26. The van der Waals surface area contributed by atoms with E-state index < -0.39 is 0 Å². The Bertz CT molecular complexity index is 373. The van der Waals surface area contributed by atoms with E-state index in [1.54, 1.807) is 51.4 Å². The van der Waals surface area contributed by atoms with Crippen molar-refractivity contribution in [3.8, 4) is 0 Å². The topological polar surface area (TPSA) is 3.24 Å². The summed E-state index contributed by atoms with van der Waals surface area (Å²) in [6, 6.07) is 0.773. The number of hydrogen-bond acceptors (Lipinski definition) is 1. The summed E-state index contributed by atoms with van der Waals surface area (Å²) >= 11 is 0. The maximum absolute atomic E-state index is 2.82. The van der Waals surface area contributed by atoms with Crippen molar-refractivity contribution in [3.63, 3.8) is 0 Å².